The molecule has 0 unspecified atom stereocenters. The fraction of sp³-hybridized carbons (Fsp3) is 0.389. The van der Waals surface area contributed by atoms with Crippen LogP contribution in [-0.4, -0.2) is 42.2 Å². The monoisotopic (exact) mass is 300 g/mol. The number of benzene rings is 1. The van der Waals surface area contributed by atoms with Gasteiger partial charge in [0.05, 0.1) is 6.61 Å². The van der Waals surface area contributed by atoms with Crippen molar-refractivity contribution in [1.29, 1.82) is 0 Å². The maximum Gasteiger partial charge on any atom is 0.253 e. The predicted octanol–water partition coefficient (Wildman–Crippen LogP) is 3.22. The second-order valence-electron chi connectivity index (χ2n) is 5.78. The van der Waals surface area contributed by atoms with Gasteiger partial charge in [-0.3, -0.25) is 4.79 Å². The van der Waals surface area contributed by atoms with Crippen molar-refractivity contribution in [2.45, 2.75) is 13.8 Å². The van der Waals surface area contributed by atoms with Gasteiger partial charge in [-0.15, -0.1) is 0 Å². The Morgan fingerprint density at radius 3 is 2.36 bits per heavy atom. The summed E-state index contributed by atoms with van der Waals surface area (Å²) in [6.07, 6.45) is 3.97. The Kier molecular flexibility index (Phi) is 5.78. The molecule has 2 rings (SSSR count). The summed E-state index contributed by atoms with van der Waals surface area (Å²) in [5.74, 6) is 0.491. The Hall–Kier alpha value is -2.07. The third-order valence-electron chi connectivity index (χ3n) is 3.45. The number of nitrogens with zero attached hydrogens (tertiary/aromatic N) is 2. The van der Waals surface area contributed by atoms with Crippen molar-refractivity contribution >= 4 is 5.91 Å². The first-order valence-corrected chi connectivity index (χ1v) is 7.63. The molecule has 1 aromatic heterocycles. The number of carbonyl (C=O) groups is 1. The number of rotatable bonds is 7. The van der Waals surface area contributed by atoms with Crippen molar-refractivity contribution in [2.75, 3.05) is 26.8 Å². The van der Waals surface area contributed by atoms with Crippen LogP contribution in [0.2, 0.25) is 0 Å². The molecule has 0 radical (unpaired) electrons. The minimum Gasteiger partial charge on any atom is -0.383 e. The average molecular weight is 300 g/mol. The van der Waals surface area contributed by atoms with Crippen molar-refractivity contribution in [3.8, 4) is 5.69 Å². The first-order chi connectivity index (χ1) is 10.6. The molecule has 0 aliphatic carbocycles. The van der Waals surface area contributed by atoms with E-state index in [2.05, 4.69) is 13.8 Å². The summed E-state index contributed by atoms with van der Waals surface area (Å²) in [5.41, 5.74) is 1.77. The first kappa shape index (κ1) is 16.3. The van der Waals surface area contributed by atoms with Crippen LogP contribution in [0.5, 0.6) is 0 Å². The maximum atomic E-state index is 12.6. The third kappa shape index (κ3) is 4.21. The molecule has 1 amide bonds. The van der Waals surface area contributed by atoms with Gasteiger partial charge in [-0.2, -0.15) is 0 Å². The Bertz CT molecular complexity index is 574. The van der Waals surface area contributed by atoms with Gasteiger partial charge in [-0.1, -0.05) is 13.8 Å². The molecule has 2 aromatic rings. The zero-order valence-electron chi connectivity index (χ0n) is 13.5. The average Bonchev–Trinajstić information content (AvgIpc) is 3.05. The lowest BCUT2D eigenvalue weighted by molar-refractivity contribution is 0.0672. The van der Waals surface area contributed by atoms with Crippen molar-refractivity contribution < 1.29 is 9.53 Å². The van der Waals surface area contributed by atoms with Gasteiger partial charge < -0.3 is 14.2 Å². The summed E-state index contributed by atoms with van der Waals surface area (Å²) < 4.78 is 7.13. The van der Waals surface area contributed by atoms with E-state index < -0.39 is 0 Å². The number of amides is 1. The van der Waals surface area contributed by atoms with Crippen LogP contribution in [-0.2, 0) is 4.74 Å². The van der Waals surface area contributed by atoms with Gasteiger partial charge >= 0.3 is 0 Å². The van der Waals surface area contributed by atoms with E-state index in [1.807, 2.05) is 58.3 Å². The van der Waals surface area contributed by atoms with Gasteiger partial charge in [0.25, 0.3) is 5.91 Å². The molecule has 0 bridgehead atoms. The molecule has 0 saturated heterocycles. The Morgan fingerprint density at radius 2 is 1.82 bits per heavy atom. The van der Waals surface area contributed by atoms with Crippen LogP contribution >= 0.6 is 0 Å². The highest BCUT2D eigenvalue weighted by atomic mass is 16.5. The summed E-state index contributed by atoms with van der Waals surface area (Å²) >= 11 is 0. The summed E-state index contributed by atoms with van der Waals surface area (Å²) in [6.45, 7) is 6.14. The van der Waals surface area contributed by atoms with Crippen molar-refractivity contribution in [3.05, 3.63) is 54.4 Å². The molecule has 0 spiro atoms. The molecule has 0 aliphatic rings. The van der Waals surface area contributed by atoms with E-state index in [4.69, 9.17) is 4.74 Å². The van der Waals surface area contributed by atoms with Crippen LogP contribution in [0.4, 0.5) is 0 Å². The number of hydrogen-bond donors (Lipinski definition) is 0. The summed E-state index contributed by atoms with van der Waals surface area (Å²) in [7, 11) is 1.66. The third-order valence-corrected chi connectivity index (χ3v) is 3.45. The first-order valence-electron chi connectivity index (χ1n) is 7.63. The largest absolute Gasteiger partial charge is 0.383 e. The number of hydrogen-bond acceptors (Lipinski definition) is 2. The SMILES string of the molecule is COCCN(CC(C)C)C(=O)c1ccc(-n2cccc2)cc1. The molecule has 22 heavy (non-hydrogen) atoms. The highest BCUT2D eigenvalue weighted by Crippen LogP contribution is 2.13. The quantitative estimate of drug-likeness (QED) is 0.787. The summed E-state index contributed by atoms with van der Waals surface area (Å²) in [4.78, 5) is 14.5. The lowest BCUT2D eigenvalue weighted by Gasteiger charge is -2.24. The Morgan fingerprint density at radius 1 is 1.18 bits per heavy atom. The number of carbonyl (C=O) groups excluding carboxylic acids is 1. The van der Waals surface area contributed by atoms with Crippen LogP contribution < -0.4 is 0 Å². The summed E-state index contributed by atoms with van der Waals surface area (Å²) in [6, 6.07) is 11.7. The maximum absolute atomic E-state index is 12.6. The van der Waals surface area contributed by atoms with Gasteiger partial charge in [0.2, 0.25) is 0 Å². The normalized spacial score (nSPS) is 10.9. The van der Waals surface area contributed by atoms with E-state index in [1.54, 1.807) is 7.11 Å². The van der Waals surface area contributed by atoms with E-state index in [0.29, 0.717) is 24.6 Å². The van der Waals surface area contributed by atoms with Gasteiger partial charge in [0, 0.05) is 43.8 Å². The molecule has 0 fully saturated rings. The van der Waals surface area contributed by atoms with Crippen LogP contribution in [0, 0.1) is 5.92 Å². The van der Waals surface area contributed by atoms with Crippen LogP contribution in [0.15, 0.2) is 48.8 Å². The molecule has 0 N–H and O–H groups in total. The molecule has 0 saturated carbocycles. The Labute approximate surface area is 132 Å². The molecule has 4 heteroatoms. The van der Waals surface area contributed by atoms with Gasteiger partial charge in [-0.25, -0.2) is 0 Å². The molecular weight excluding hydrogens is 276 g/mol. The highest BCUT2D eigenvalue weighted by Gasteiger charge is 2.16. The number of ether oxygens (including phenoxy) is 1. The fourth-order valence-corrected chi connectivity index (χ4v) is 2.38. The molecule has 1 aromatic carbocycles. The smallest absolute Gasteiger partial charge is 0.253 e. The lowest BCUT2D eigenvalue weighted by atomic mass is 10.1. The van der Waals surface area contributed by atoms with Crippen LogP contribution in [0.1, 0.15) is 24.2 Å². The zero-order chi connectivity index (χ0) is 15.9. The topological polar surface area (TPSA) is 34.5 Å². The number of methoxy groups -OCH3 is 1. The van der Waals surface area contributed by atoms with Crippen LogP contribution in [0.25, 0.3) is 5.69 Å². The minimum absolute atomic E-state index is 0.0600. The highest BCUT2D eigenvalue weighted by molar-refractivity contribution is 5.94. The molecule has 1 heterocycles. The van der Waals surface area contributed by atoms with Crippen molar-refractivity contribution in [1.82, 2.24) is 9.47 Å². The number of aromatic nitrogens is 1. The fourth-order valence-electron chi connectivity index (χ4n) is 2.38. The molecular formula is C18H24N2O2. The standard InChI is InChI=1S/C18H24N2O2/c1-15(2)14-20(12-13-22-3)18(21)16-6-8-17(9-7-16)19-10-4-5-11-19/h4-11,15H,12-14H2,1-3H3. The lowest BCUT2D eigenvalue weighted by Crippen LogP contribution is -2.36. The second kappa shape index (κ2) is 7.80. The molecule has 0 atom stereocenters. The summed E-state index contributed by atoms with van der Waals surface area (Å²) in [5, 5.41) is 0. The van der Waals surface area contributed by atoms with E-state index in [-0.39, 0.29) is 5.91 Å². The predicted molar refractivity (Wildman–Crippen MR) is 88.4 cm³/mol. The molecule has 118 valence electrons. The molecule has 4 nitrogen and oxygen atoms in total. The van der Waals surface area contributed by atoms with Crippen molar-refractivity contribution in [2.24, 2.45) is 5.92 Å². The minimum atomic E-state index is 0.0600. The van der Waals surface area contributed by atoms with Gasteiger partial charge in [0.15, 0.2) is 0 Å². The Balaban J connectivity index is 2.12. The van der Waals surface area contributed by atoms with Crippen molar-refractivity contribution in [3.63, 3.8) is 0 Å². The van der Waals surface area contributed by atoms with Gasteiger partial charge in [0.1, 0.15) is 0 Å². The van der Waals surface area contributed by atoms with E-state index >= 15 is 0 Å². The zero-order valence-corrected chi connectivity index (χ0v) is 13.5. The van der Waals surface area contributed by atoms with E-state index in [0.717, 1.165) is 12.2 Å². The van der Waals surface area contributed by atoms with Gasteiger partial charge in [-0.05, 0) is 42.3 Å². The second-order valence-corrected chi connectivity index (χ2v) is 5.78. The van der Waals surface area contributed by atoms with E-state index in [1.165, 1.54) is 0 Å². The van der Waals surface area contributed by atoms with Crippen LogP contribution in [0.3, 0.4) is 0 Å². The molecule has 0 aliphatic heterocycles. The van der Waals surface area contributed by atoms with E-state index in [9.17, 15) is 4.79 Å².